The van der Waals surface area contributed by atoms with Crippen molar-refractivity contribution >= 4 is 11.1 Å². The first-order valence-corrected chi connectivity index (χ1v) is 4.34. The number of hydrogen-bond acceptors (Lipinski definition) is 2. The minimum atomic E-state index is -1.30. The van der Waals surface area contributed by atoms with Gasteiger partial charge >= 0.3 is 0 Å². The van der Waals surface area contributed by atoms with Gasteiger partial charge in [-0.3, -0.25) is 4.18 Å². The lowest BCUT2D eigenvalue weighted by Gasteiger charge is -1.97. The van der Waals surface area contributed by atoms with Crippen molar-refractivity contribution in [2.24, 2.45) is 0 Å². The summed E-state index contributed by atoms with van der Waals surface area (Å²) in [6.45, 7) is 1.99. The van der Waals surface area contributed by atoms with Crippen molar-refractivity contribution in [3.05, 3.63) is 29.8 Å². The summed E-state index contributed by atoms with van der Waals surface area (Å²) in [5.74, 6) is 0. The molecule has 0 radical (unpaired) electrons. The van der Waals surface area contributed by atoms with E-state index in [1.54, 1.807) is 12.1 Å². The van der Waals surface area contributed by atoms with E-state index in [1.165, 1.54) is 7.11 Å². The largest absolute Gasteiger partial charge is 0.290 e. The van der Waals surface area contributed by atoms with E-state index >= 15 is 0 Å². The number of rotatable bonds is 2. The third-order valence-corrected chi connectivity index (χ3v) is 2.32. The van der Waals surface area contributed by atoms with E-state index in [1.807, 2.05) is 19.1 Å². The summed E-state index contributed by atoms with van der Waals surface area (Å²) in [6.07, 6.45) is 0. The van der Waals surface area contributed by atoms with Crippen LogP contribution in [0.5, 0.6) is 0 Å². The molecule has 1 aromatic rings. The highest BCUT2D eigenvalue weighted by molar-refractivity contribution is 7.80. The van der Waals surface area contributed by atoms with Gasteiger partial charge in [0, 0.05) is 0 Å². The Morgan fingerprint density at radius 3 is 2.27 bits per heavy atom. The van der Waals surface area contributed by atoms with Crippen molar-refractivity contribution in [2.75, 3.05) is 7.11 Å². The van der Waals surface area contributed by atoms with Gasteiger partial charge in [-0.15, -0.1) is 0 Å². The zero-order valence-corrected chi connectivity index (χ0v) is 7.35. The number of hydrogen-bond donors (Lipinski definition) is 0. The van der Waals surface area contributed by atoms with Crippen LogP contribution < -0.4 is 0 Å². The summed E-state index contributed by atoms with van der Waals surface area (Å²) >= 11 is -1.30. The third-order valence-electron chi connectivity index (χ3n) is 1.36. The van der Waals surface area contributed by atoms with Crippen LogP contribution in [-0.2, 0) is 15.3 Å². The van der Waals surface area contributed by atoms with Crippen LogP contribution in [0.25, 0.3) is 0 Å². The average molecular weight is 170 g/mol. The van der Waals surface area contributed by atoms with Crippen molar-refractivity contribution in [1.29, 1.82) is 0 Å². The van der Waals surface area contributed by atoms with Crippen LogP contribution >= 0.6 is 0 Å². The Labute approximate surface area is 68.9 Å². The van der Waals surface area contributed by atoms with Gasteiger partial charge < -0.3 is 0 Å². The van der Waals surface area contributed by atoms with Crippen molar-refractivity contribution < 1.29 is 8.39 Å². The Morgan fingerprint density at radius 2 is 1.82 bits per heavy atom. The normalized spacial score (nSPS) is 12.9. The van der Waals surface area contributed by atoms with E-state index in [0.717, 1.165) is 5.56 Å². The van der Waals surface area contributed by atoms with E-state index < -0.39 is 11.1 Å². The molecule has 0 aromatic heterocycles. The quantitative estimate of drug-likeness (QED) is 0.674. The molecule has 0 spiro atoms. The van der Waals surface area contributed by atoms with E-state index in [9.17, 15) is 4.21 Å². The van der Waals surface area contributed by atoms with Gasteiger partial charge in [0.2, 0.25) is 0 Å². The zero-order chi connectivity index (χ0) is 8.27. The maximum Gasteiger partial charge on any atom is 0.188 e. The molecule has 1 atom stereocenters. The van der Waals surface area contributed by atoms with E-state index in [-0.39, 0.29) is 0 Å². The monoisotopic (exact) mass is 170 g/mol. The minimum absolute atomic E-state index is 0.707. The molecule has 0 fully saturated rings. The maximum absolute atomic E-state index is 11.0. The Bertz CT molecular complexity index is 253. The van der Waals surface area contributed by atoms with Gasteiger partial charge in [-0.05, 0) is 19.1 Å². The molecule has 0 aliphatic carbocycles. The van der Waals surface area contributed by atoms with Crippen LogP contribution in [0.4, 0.5) is 0 Å². The lowest BCUT2D eigenvalue weighted by Crippen LogP contribution is -1.92. The molecule has 0 saturated carbocycles. The van der Waals surface area contributed by atoms with Gasteiger partial charge in [0.15, 0.2) is 11.1 Å². The Kier molecular flexibility index (Phi) is 2.79. The first-order chi connectivity index (χ1) is 5.24. The molecule has 0 N–H and O–H groups in total. The fraction of sp³-hybridized carbons (Fsp3) is 0.250. The molecule has 1 aromatic carbocycles. The van der Waals surface area contributed by atoms with Crippen molar-refractivity contribution in [2.45, 2.75) is 11.8 Å². The molecule has 0 bridgehead atoms. The molecule has 0 aliphatic heterocycles. The van der Waals surface area contributed by atoms with Crippen LogP contribution in [0.15, 0.2) is 29.2 Å². The molecule has 1 rings (SSSR count). The molecule has 0 unspecified atom stereocenters. The molecular formula is C8H10O2S. The van der Waals surface area contributed by atoms with E-state index in [4.69, 9.17) is 0 Å². The Balaban J connectivity index is 2.90. The Hall–Kier alpha value is -0.670. The van der Waals surface area contributed by atoms with Gasteiger partial charge in [-0.1, -0.05) is 17.7 Å². The van der Waals surface area contributed by atoms with Crippen LogP contribution in [0.2, 0.25) is 0 Å². The van der Waals surface area contributed by atoms with Crippen LogP contribution in [0.3, 0.4) is 0 Å². The average Bonchev–Trinajstić information content (AvgIpc) is 2.05. The first-order valence-electron chi connectivity index (χ1n) is 3.27. The van der Waals surface area contributed by atoms with Crippen LogP contribution in [0, 0.1) is 6.92 Å². The maximum atomic E-state index is 11.0. The smallest absolute Gasteiger partial charge is 0.188 e. The molecule has 0 saturated heterocycles. The second-order valence-electron chi connectivity index (χ2n) is 2.21. The predicted molar refractivity (Wildman–Crippen MR) is 44.6 cm³/mol. The SMILES string of the molecule is CO[S@](=O)c1ccc(C)cc1. The highest BCUT2D eigenvalue weighted by atomic mass is 32.2. The van der Waals surface area contributed by atoms with Gasteiger partial charge in [-0.25, -0.2) is 4.21 Å². The summed E-state index contributed by atoms with van der Waals surface area (Å²) in [5.41, 5.74) is 1.15. The highest BCUT2D eigenvalue weighted by Crippen LogP contribution is 2.07. The fourth-order valence-electron chi connectivity index (χ4n) is 0.746. The number of benzene rings is 1. The summed E-state index contributed by atoms with van der Waals surface area (Å²) < 4.78 is 15.7. The van der Waals surface area contributed by atoms with Crippen LogP contribution in [0.1, 0.15) is 5.56 Å². The molecule has 60 valence electrons. The number of aryl methyl sites for hydroxylation is 1. The summed E-state index contributed by atoms with van der Waals surface area (Å²) in [5, 5.41) is 0. The zero-order valence-electron chi connectivity index (χ0n) is 6.53. The van der Waals surface area contributed by atoms with Gasteiger partial charge in [0.1, 0.15) is 0 Å². The molecule has 0 amide bonds. The summed E-state index contributed by atoms with van der Waals surface area (Å²) in [4.78, 5) is 0.707. The van der Waals surface area contributed by atoms with Gasteiger partial charge in [0.25, 0.3) is 0 Å². The van der Waals surface area contributed by atoms with Crippen LogP contribution in [-0.4, -0.2) is 11.3 Å². The van der Waals surface area contributed by atoms with Crippen molar-refractivity contribution in [1.82, 2.24) is 0 Å². The second-order valence-corrected chi connectivity index (χ2v) is 3.49. The summed E-state index contributed by atoms with van der Waals surface area (Å²) in [7, 11) is 1.43. The minimum Gasteiger partial charge on any atom is -0.290 e. The lowest BCUT2D eigenvalue weighted by molar-refractivity contribution is 0.445. The lowest BCUT2D eigenvalue weighted by atomic mass is 10.2. The molecule has 0 aliphatic rings. The van der Waals surface area contributed by atoms with Crippen molar-refractivity contribution in [3.63, 3.8) is 0 Å². The summed E-state index contributed by atoms with van der Waals surface area (Å²) in [6, 6.07) is 7.42. The molecule has 2 nitrogen and oxygen atoms in total. The van der Waals surface area contributed by atoms with Gasteiger partial charge in [-0.2, -0.15) is 0 Å². The standard InChI is InChI=1S/C8H10O2S/c1-7-3-5-8(6-4-7)11(9)10-2/h3-6H,1-2H3/t11-/m0/s1. The third kappa shape index (κ3) is 2.13. The molecule has 3 heteroatoms. The van der Waals surface area contributed by atoms with E-state index in [0.29, 0.717) is 4.90 Å². The Morgan fingerprint density at radius 1 is 1.27 bits per heavy atom. The second kappa shape index (κ2) is 3.64. The van der Waals surface area contributed by atoms with Crippen molar-refractivity contribution in [3.8, 4) is 0 Å². The van der Waals surface area contributed by atoms with E-state index in [2.05, 4.69) is 4.18 Å². The topological polar surface area (TPSA) is 26.3 Å². The molecule has 0 heterocycles. The first kappa shape index (κ1) is 8.43. The predicted octanol–water partition coefficient (Wildman–Crippen LogP) is 1.66. The molecule has 11 heavy (non-hydrogen) atoms. The molecular weight excluding hydrogens is 160 g/mol. The fourth-order valence-corrected chi connectivity index (χ4v) is 1.30. The van der Waals surface area contributed by atoms with Gasteiger partial charge in [0.05, 0.1) is 12.0 Å². The highest BCUT2D eigenvalue weighted by Gasteiger charge is 1.99.